The van der Waals surface area contributed by atoms with E-state index in [1.807, 2.05) is 0 Å². The number of benzene rings is 3. The van der Waals surface area contributed by atoms with Crippen LogP contribution in [-0.2, 0) is 9.53 Å². The number of carbonyl (C=O) groups excluding carboxylic acids is 3. The van der Waals surface area contributed by atoms with Crippen LogP contribution < -0.4 is 10.6 Å². The van der Waals surface area contributed by atoms with Gasteiger partial charge in [0, 0.05) is 28.4 Å². The summed E-state index contributed by atoms with van der Waals surface area (Å²) in [6.45, 7) is -0.588. The van der Waals surface area contributed by atoms with Gasteiger partial charge >= 0.3 is 5.97 Å². The number of hydrogen-bond donors (Lipinski definition) is 2. The third-order valence-corrected chi connectivity index (χ3v) is 4.45. The zero-order valence-corrected chi connectivity index (χ0v) is 17.2. The molecular formula is C22H16ClN3O6. The molecular weight excluding hydrogens is 438 g/mol. The van der Waals surface area contributed by atoms with E-state index in [0.29, 0.717) is 16.3 Å². The second-order valence-corrected chi connectivity index (χ2v) is 6.87. The lowest BCUT2D eigenvalue weighted by Gasteiger charge is -2.11. The van der Waals surface area contributed by atoms with Gasteiger partial charge in [-0.2, -0.15) is 0 Å². The first-order chi connectivity index (χ1) is 15.3. The molecule has 0 aliphatic rings. The highest BCUT2D eigenvalue weighted by molar-refractivity contribution is 6.30. The highest BCUT2D eigenvalue weighted by Crippen LogP contribution is 2.19. The number of para-hydroxylation sites is 1. The molecule has 0 heterocycles. The van der Waals surface area contributed by atoms with Crippen LogP contribution in [0.1, 0.15) is 20.7 Å². The van der Waals surface area contributed by atoms with Crippen LogP contribution in [0, 0.1) is 10.1 Å². The summed E-state index contributed by atoms with van der Waals surface area (Å²) < 4.78 is 5.04. The second kappa shape index (κ2) is 10.2. The Kier molecular flexibility index (Phi) is 7.14. The number of carbonyl (C=O) groups is 3. The van der Waals surface area contributed by atoms with Crippen molar-refractivity contribution in [2.24, 2.45) is 0 Å². The Morgan fingerprint density at radius 1 is 0.906 bits per heavy atom. The minimum Gasteiger partial charge on any atom is -0.452 e. The van der Waals surface area contributed by atoms with E-state index in [9.17, 15) is 24.5 Å². The second-order valence-electron chi connectivity index (χ2n) is 6.43. The van der Waals surface area contributed by atoms with Gasteiger partial charge in [-0.25, -0.2) is 4.79 Å². The fourth-order valence-corrected chi connectivity index (χ4v) is 2.76. The molecule has 9 nitrogen and oxygen atoms in total. The molecule has 0 atom stereocenters. The summed E-state index contributed by atoms with van der Waals surface area (Å²) in [5, 5.41) is 16.2. The van der Waals surface area contributed by atoms with Gasteiger partial charge in [0.15, 0.2) is 6.61 Å². The van der Waals surface area contributed by atoms with Crippen molar-refractivity contribution in [3.05, 3.63) is 99.1 Å². The summed E-state index contributed by atoms with van der Waals surface area (Å²) in [7, 11) is 0. The average molecular weight is 454 g/mol. The fraction of sp³-hybridized carbons (Fsp3) is 0.0455. The van der Waals surface area contributed by atoms with Crippen molar-refractivity contribution in [1.82, 2.24) is 0 Å². The summed E-state index contributed by atoms with van der Waals surface area (Å²) in [5.74, 6) is -1.89. The van der Waals surface area contributed by atoms with Crippen molar-refractivity contribution < 1.29 is 24.0 Å². The molecule has 0 saturated carbocycles. The Labute approximate surface area is 187 Å². The molecule has 0 aromatic heterocycles. The van der Waals surface area contributed by atoms with Crippen LogP contribution in [0.2, 0.25) is 5.02 Å². The summed E-state index contributed by atoms with van der Waals surface area (Å²) >= 11 is 5.82. The van der Waals surface area contributed by atoms with Gasteiger partial charge < -0.3 is 15.4 Å². The standard InChI is InChI=1S/C22H16ClN3O6/c23-15-7-5-14(6-8-15)21(28)25-19-4-2-1-3-18(19)22(29)32-13-20(27)24-16-9-11-17(12-10-16)26(30)31/h1-12H,13H2,(H,24,27)(H,25,28). The number of amides is 2. The van der Waals surface area contributed by atoms with Crippen LogP contribution >= 0.6 is 11.6 Å². The molecule has 3 aromatic carbocycles. The molecule has 162 valence electrons. The van der Waals surface area contributed by atoms with Crippen molar-refractivity contribution in [3.63, 3.8) is 0 Å². The Balaban J connectivity index is 1.60. The van der Waals surface area contributed by atoms with Crippen molar-refractivity contribution in [2.75, 3.05) is 17.2 Å². The first-order valence-electron chi connectivity index (χ1n) is 9.21. The molecule has 32 heavy (non-hydrogen) atoms. The highest BCUT2D eigenvalue weighted by atomic mass is 35.5. The molecule has 0 fully saturated rings. The van der Waals surface area contributed by atoms with Crippen LogP contribution in [0.3, 0.4) is 0 Å². The molecule has 3 aromatic rings. The quantitative estimate of drug-likeness (QED) is 0.312. The van der Waals surface area contributed by atoms with Gasteiger partial charge in [0.2, 0.25) is 0 Å². The highest BCUT2D eigenvalue weighted by Gasteiger charge is 2.17. The van der Waals surface area contributed by atoms with E-state index in [4.69, 9.17) is 16.3 Å². The lowest BCUT2D eigenvalue weighted by atomic mass is 10.1. The molecule has 0 saturated heterocycles. The van der Waals surface area contributed by atoms with Crippen molar-refractivity contribution in [2.45, 2.75) is 0 Å². The van der Waals surface area contributed by atoms with E-state index >= 15 is 0 Å². The van der Waals surface area contributed by atoms with Gasteiger partial charge in [0.25, 0.3) is 17.5 Å². The fourth-order valence-electron chi connectivity index (χ4n) is 2.64. The summed E-state index contributed by atoms with van der Waals surface area (Å²) in [6, 6.07) is 17.6. The van der Waals surface area contributed by atoms with Gasteiger partial charge in [0.1, 0.15) is 0 Å². The number of rotatable bonds is 7. The van der Waals surface area contributed by atoms with Gasteiger partial charge in [-0.05, 0) is 48.5 Å². The monoisotopic (exact) mass is 453 g/mol. The van der Waals surface area contributed by atoms with Gasteiger partial charge in [-0.15, -0.1) is 0 Å². The molecule has 0 aliphatic heterocycles. The number of halogens is 1. The summed E-state index contributed by atoms with van der Waals surface area (Å²) in [5.41, 5.74) is 0.824. The molecule has 0 spiro atoms. The number of nitrogens with one attached hydrogen (secondary N) is 2. The van der Waals surface area contributed by atoms with Crippen molar-refractivity contribution >= 4 is 46.4 Å². The number of nitro benzene ring substituents is 1. The van der Waals surface area contributed by atoms with Gasteiger partial charge in [-0.3, -0.25) is 19.7 Å². The first kappa shape index (κ1) is 22.4. The predicted molar refractivity (Wildman–Crippen MR) is 118 cm³/mol. The van der Waals surface area contributed by atoms with Crippen LogP contribution in [0.25, 0.3) is 0 Å². The Bertz CT molecular complexity index is 1160. The zero-order valence-electron chi connectivity index (χ0n) is 16.4. The summed E-state index contributed by atoms with van der Waals surface area (Å²) in [4.78, 5) is 47.0. The number of anilines is 2. The molecule has 2 amide bonds. The minimum absolute atomic E-state index is 0.0675. The number of nitrogens with zero attached hydrogens (tertiary/aromatic N) is 1. The van der Waals surface area contributed by atoms with E-state index in [0.717, 1.165) is 0 Å². The predicted octanol–water partition coefficient (Wildman–Crippen LogP) is 4.30. The van der Waals surface area contributed by atoms with Crippen LogP contribution in [-0.4, -0.2) is 29.3 Å². The van der Waals surface area contributed by atoms with E-state index in [2.05, 4.69) is 10.6 Å². The number of ether oxygens (including phenoxy) is 1. The maximum absolute atomic E-state index is 12.5. The average Bonchev–Trinajstić information content (AvgIpc) is 2.78. The third kappa shape index (κ3) is 5.89. The number of hydrogen-bond acceptors (Lipinski definition) is 6. The largest absolute Gasteiger partial charge is 0.452 e. The van der Waals surface area contributed by atoms with Gasteiger partial charge in [-0.1, -0.05) is 23.7 Å². The van der Waals surface area contributed by atoms with E-state index in [-0.39, 0.29) is 16.9 Å². The number of esters is 1. The Morgan fingerprint density at radius 2 is 1.56 bits per heavy atom. The third-order valence-electron chi connectivity index (χ3n) is 4.20. The minimum atomic E-state index is -0.809. The van der Waals surface area contributed by atoms with E-state index in [1.165, 1.54) is 36.4 Å². The van der Waals surface area contributed by atoms with Crippen LogP contribution in [0.5, 0.6) is 0 Å². The van der Waals surface area contributed by atoms with E-state index < -0.39 is 29.3 Å². The lowest BCUT2D eigenvalue weighted by Crippen LogP contribution is -2.22. The first-order valence-corrected chi connectivity index (χ1v) is 9.58. The SMILES string of the molecule is O=C(COC(=O)c1ccccc1NC(=O)c1ccc(Cl)cc1)Nc1ccc([N+](=O)[O-])cc1. The zero-order chi connectivity index (χ0) is 23.1. The van der Waals surface area contributed by atoms with Crippen molar-refractivity contribution in [3.8, 4) is 0 Å². The smallest absolute Gasteiger partial charge is 0.340 e. The normalized spacial score (nSPS) is 10.2. The maximum atomic E-state index is 12.5. The van der Waals surface area contributed by atoms with Crippen LogP contribution in [0.15, 0.2) is 72.8 Å². The molecule has 2 N–H and O–H groups in total. The molecule has 0 aliphatic carbocycles. The number of non-ortho nitro benzene ring substituents is 1. The van der Waals surface area contributed by atoms with Crippen LogP contribution in [0.4, 0.5) is 17.1 Å². The molecule has 10 heteroatoms. The summed E-state index contributed by atoms with van der Waals surface area (Å²) in [6.07, 6.45) is 0. The molecule has 0 radical (unpaired) electrons. The Morgan fingerprint density at radius 3 is 2.22 bits per heavy atom. The Hall–Kier alpha value is -4.24. The molecule has 0 unspecified atom stereocenters. The molecule has 0 bridgehead atoms. The maximum Gasteiger partial charge on any atom is 0.340 e. The number of nitro groups is 1. The van der Waals surface area contributed by atoms with Gasteiger partial charge in [0.05, 0.1) is 16.2 Å². The molecule has 3 rings (SSSR count). The topological polar surface area (TPSA) is 128 Å². The lowest BCUT2D eigenvalue weighted by molar-refractivity contribution is -0.384. The van der Waals surface area contributed by atoms with E-state index in [1.54, 1.807) is 36.4 Å². The van der Waals surface area contributed by atoms with Crippen molar-refractivity contribution in [1.29, 1.82) is 0 Å².